The van der Waals surface area contributed by atoms with Crippen LogP contribution in [0.3, 0.4) is 0 Å². The van der Waals surface area contributed by atoms with Crippen LogP contribution in [-0.2, 0) is 33.3 Å². The van der Waals surface area contributed by atoms with Crippen molar-refractivity contribution in [3.05, 3.63) is 24.3 Å². The minimum absolute atomic E-state index is 0.0256. The zero-order chi connectivity index (χ0) is 27.7. The van der Waals surface area contributed by atoms with E-state index in [1.165, 1.54) is 0 Å². The molecule has 0 heterocycles. The highest BCUT2D eigenvalue weighted by atomic mass is 16.6. The van der Waals surface area contributed by atoms with E-state index in [2.05, 4.69) is 39.2 Å². The Morgan fingerprint density at radius 2 is 1.39 bits per heavy atom. The fourth-order valence-electron chi connectivity index (χ4n) is 4.85. The second-order valence-corrected chi connectivity index (χ2v) is 11.3. The van der Waals surface area contributed by atoms with Gasteiger partial charge in [0.25, 0.3) is 0 Å². The van der Waals surface area contributed by atoms with Gasteiger partial charge in [-0.3, -0.25) is 4.79 Å². The predicted octanol–water partition coefficient (Wildman–Crippen LogP) is 4.49. The number of esters is 3. The summed E-state index contributed by atoms with van der Waals surface area (Å²) in [7, 11) is 0. The molecule has 1 amide bonds. The van der Waals surface area contributed by atoms with Gasteiger partial charge in [-0.05, 0) is 63.7 Å². The Morgan fingerprint density at radius 1 is 0.889 bits per heavy atom. The minimum atomic E-state index is -0.608. The molecule has 1 aliphatic carbocycles. The van der Waals surface area contributed by atoms with E-state index in [0.29, 0.717) is 6.54 Å². The summed E-state index contributed by atoms with van der Waals surface area (Å²) in [5.74, 6) is -1.32. The van der Waals surface area contributed by atoms with Gasteiger partial charge in [0.1, 0.15) is 25.4 Å². The first-order valence-corrected chi connectivity index (χ1v) is 12.3. The largest absolute Gasteiger partial charge is 0.459 e. The topological polar surface area (TPSA) is 117 Å². The molecule has 9 heteroatoms. The van der Waals surface area contributed by atoms with Crippen LogP contribution in [0, 0.1) is 16.7 Å². The first-order valence-electron chi connectivity index (χ1n) is 12.3. The Hall–Kier alpha value is -2.84. The van der Waals surface area contributed by atoms with Gasteiger partial charge in [0.2, 0.25) is 0 Å². The van der Waals surface area contributed by atoms with Gasteiger partial charge in [0.05, 0.1) is 0 Å². The molecule has 1 rings (SSSR count). The van der Waals surface area contributed by atoms with Crippen molar-refractivity contribution in [2.75, 3.05) is 19.8 Å². The standard InChI is InChI=1S/C27H43NO8/c1-17(2)23(30)33-13-19(5)35-22(29)10-21-11-26(7,8)15-27(9,12-21)16-28-25(32)36-20(6)14-34-24(31)18(3)4/h19-21H,1,3,10-16H2,2,4-9H3,(H,28,32). The Labute approximate surface area is 214 Å². The van der Waals surface area contributed by atoms with Crippen LogP contribution in [0.4, 0.5) is 4.79 Å². The summed E-state index contributed by atoms with van der Waals surface area (Å²) in [6, 6.07) is 0. The van der Waals surface area contributed by atoms with Crippen LogP contribution in [0.1, 0.15) is 74.1 Å². The zero-order valence-corrected chi connectivity index (χ0v) is 22.9. The molecule has 0 radical (unpaired) electrons. The number of ether oxygens (including phenoxy) is 4. The van der Waals surface area contributed by atoms with Crippen LogP contribution < -0.4 is 5.32 Å². The van der Waals surface area contributed by atoms with E-state index in [-0.39, 0.29) is 53.5 Å². The van der Waals surface area contributed by atoms with Crippen molar-refractivity contribution in [3.8, 4) is 0 Å². The molecule has 1 N–H and O–H groups in total. The molecule has 0 aromatic heterocycles. The second-order valence-electron chi connectivity index (χ2n) is 11.3. The van der Waals surface area contributed by atoms with Gasteiger partial charge >= 0.3 is 24.0 Å². The first-order chi connectivity index (χ1) is 16.5. The molecule has 0 aliphatic heterocycles. The molecule has 0 aromatic rings. The number of carbonyl (C=O) groups is 4. The van der Waals surface area contributed by atoms with E-state index in [1.807, 2.05) is 0 Å². The minimum Gasteiger partial charge on any atom is -0.459 e. The Bertz CT molecular complexity index is 849. The number of hydrogen-bond acceptors (Lipinski definition) is 8. The van der Waals surface area contributed by atoms with Crippen molar-refractivity contribution in [1.82, 2.24) is 5.32 Å². The van der Waals surface area contributed by atoms with Crippen LogP contribution in [0.2, 0.25) is 0 Å². The second kappa shape index (κ2) is 13.5. The van der Waals surface area contributed by atoms with Crippen molar-refractivity contribution >= 4 is 24.0 Å². The Balaban J connectivity index is 2.57. The van der Waals surface area contributed by atoms with Crippen molar-refractivity contribution in [2.45, 2.75) is 86.4 Å². The van der Waals surface area contributed by atoms with Gasteiger partial charge in [-0.1, -0.05) is 33.9 Å². The number of carbonyl (C=O) groups excluding carboxylic acids is 4. The molecule has 0 saturated heterocycles. The van der Waals surface area contributed by atoms with Crippen LogP contribution in [-0.4, -0.2) is 56.0 Å². The van der Waals surface area contributed by atoms with Crippen LogP contribution >= 0.6 is 0 Å². The summed E-state index contributed by atoms with van der Waals surface area (Å²) in [5, 5.41) is 2.82. The van der Waals surface area contributed by atoms with Crippen LogP contribution in [0.25, 0.3) is 0 Å². The molecule has 36 heavy (non-hydrogen) atoms. The normalized spacial score (nSPS) is 22.4. The summed E-state index contributed by atoms with van der Waals surface area (Å²) in [5.41, 5.74) is 0.286. The Kier molecular flexibility index (Phi) is 11.7. The molecule has 0 bridgehead atoms. The van der Waals surface area contributed by atoms with E-state index in [0.717, 1.165) is 19.3 Å². The predicted molar refractivity (Wildman–Crippen MR) is 135 cm³/mol. The van der Waals surface area contributed by atoms with Gasteiger partial charge in [0, 0.05) is 24.1 Å². The first kappa shape index (κ1) is 31.2. The van der Waals surface area contributed by atoms with Gasteiger partial charge in [-0.25, -0.2) is 14.4 Å². The third-order valence-electron chi connectivity index (χ3n) is 5.88. The van der Waals surface area contributed by atoms with Gasteiger partial charge in [-0.15, -0.1) is 0 Å². The van der Waals surface area contributed by atoms with Gasteiger partial charge < -0.3 is 24.3 Å². The van der Waals surface area contributed by atoms with Crippen LogP contribution in [0.15, 0.2) is 24.3 Å². The molecule has 4 unspecified atom stereocenters. The molecular formula is C27H43NO8. The third kappa shape index (κ3) is 11.7. The molecule has 0 aromatic carbocycles. The number of nitrogens with one attached hydrogen (secondary N) is 1. The molecule has 9 nitrogen and oxygen atoms in total. The highest BCUT2D eigenvalue weighted by Crippen LogP contribution is 2.49. The lowest BCUT2D eigenvalue weighted by molar-refractivity contribution is -0.157. The van der Waals surface area contributed by atoms with Crippen molar-refractivity contribution in [1.29, 1.82) is 0 Å². The highest BCUT2D eigenvalue weighted by molar-refractivity contribution is 5.87. The average Bonchev–Trinajstić information content (AvgIpc) is 2.72. The molecule has 1 saturated carbocycles. The summed E-state index contributed by atoms with van der Waals surface area (Å²) in [6.07, 6.45) is 0.939. The van der Waals surface area contributed by atoms with Crippen molar-refractivity contribution in [2.24, 2.45) is 16.7 Å². The molecule has 1 fully saturated rings. The maximum Gasteiger partial charge on any atom is 0.407 e. The van der Waals surface area contributed by atoms with Crippen LogP contribution in [0.5, 0.6) is 0 Å². The number of hydrogen-bond donors (Lipinski definition) is 1. The van der Waals surface area contributed by atoms with E-state index < -0.39 is 30.2 Å². The molecule has 4 atom stereocenters. The summed E-state index contributed by atoms with van der Waals surface area (Å²) < 4.78 is 20.8. The van der Waals surface area contributed by atoms with Gasteiger partial charge in [0.15, 0.2) is 0 Å². The summed E-state index contributed by atoms with van der Waals surface area (Å²) >= 11 is 0. The molecule has 204 valence electrons. The summed E-state index contributed by atoms with van der Waals surface area (Å²) in [6.45, 7) is 20.1. The molecule has 0 spiro atoms. The van der Waals surface area contributed by atoms with E-state index >= 15 is 0 Å². The quantitative estimate of drug-likeness (QED) is 0.232. The zero-order valence-electron chi connectivity index (χ0n) is 22.9. The van der Waals surface area contributed by atoms with E-state index in [1.54, 1.807) is 27.7 Å². The smallest absolute Gasteiger partial charge is 0.407 e. The third-order valence-corrected chi connectivity index (χ3v) is 5.88. The fraction of sp³-hybridized carbons (Fsp3) is 0.704. The summed E-state index contributed by atoms with van der Waals surface area (Å²) in [4.78, 5) is 47.9. The SMILES string of the molecule is C=C(C)C(=O)OCC(C)OC(=O)CC1CC(C)(C)CC(C)(CNC(=O)OC(C)COC(=O)C(=C)C)C1. The highest BCUT2D eigenvalue weighted by Gasteiger charge is 2.42. The number of amides is 1. The number of rotatable bonds is 12. The Morgan fingerprint density at radius 3 is 1.89 bits per heavy atom. The molecular weight excluding hydrogens is 466 g/mol. The lowest BCUT2D eigenvalue weighted by Crippen LogP contribution is -2.44. The van der Waals surface area contributed by atoms with E-state index in [4.69, 9.17) is 18.9 Å². The van der Waals surface area contributed by atoms with Crippen molar-refractivity contribution in [3.63, 3.8) is 0 Å². The average molecular weight is 510 g/mol. The maximum absolute atomic E-state index is 12.5. The maximum atomic E-state index is 12.5. The monoisotopic (exact) mass is 509 g/mol. The fourth-order valence-corrected chi connectivity index (χ4v) is 4.85. The number of alkyl carbamates (subject to hydrolysis) is 1. The van der Waals surface area contributed by atoms with E-state index in [9.17, 15) is 19.2 Å². The van der Waals surface area contributed by atoms with Gasteiger partial charge in [-0.2, -0.15) is 0 Å². The molecule has 1 aliphatic rings. The lowest BCUT2D eigenvalue weighted by atomic mass is 9.60. The van der Waals surface area contributed by atoms with Crippen molar-refractivity contribution < 1.29 is 38.1 Å². The lowest BCUT2D eigenvalue weighted by Gasteiger charge is -2.46.